The summed E-state index contributed by atoms with van der Waals surface area (Å²) < 4.78 is 1.75. The van der Waals surface area contributed by atoms with Crippen molar-refractivity contribution in [2.24, 2.45) is 0 Å². The number of nitrogens with zero attached hydrogens (tertiary/aromatic N) is 5. The molecule has 3 heterocycles. The summed E-state index contributed by atoms with van der Waals surface area (Å²) in [5.41, 5.74) is 9.28. The number of hydrogen-bond acceptors (Lipinski definition) is 6. The molecule has 180 valence electrons. The Morgan fingerprint density at radius 3 is 2.79 bits per heavy atom. The Bertz CT molecular complexity index is 1200. The fraction of sp³-hybridized carbons (Fsp3) is 0.391. The van der Waals surface area contributed by atoms with E-state index in [0.29, 0.717) is 35.3 Å². The van der Waals surface area contributed by atoms with Gasteiger partial charge in [-0.05, 0) is 72.8 Å². The highest BCUT2D eigenvalue weighted by molar-refractivity contribution is 14.2. The molecule has 1 aliphatic rings. The number of nitrogens with two attached hydrogens (primary N) is 1. The topological polar surface area (TPSA) is 109 Å². The molecule has 4 rings (SSSR count). The first-order valence-corrected chi connectivity index (χ1v) is 15.5. The lowest BCUT2D eigenvalue weighted by Gasteiger charge is -2.36. The molecule has 3 N–H and O–H groups in total. The summed E-state index contributed by atoms with van der Waals surface area (Å²) in [6.07, 6.45) is 6.15. The minimum atomic E-state index is -0.677. The van der Waals surface area contributed by atoms with Crippen LogP contribution in [0.2, 0.25) is 0 Å². The Balaban J connectivity index is 1.59. The average Bonchev–Trinajstić information content (AvgIpc) is 3.32. The number of benzene rings is 1. The number of rotatable bonds is 6. The Morgan fingerprint density at radius 2 is 2.06 bits per heavy atom. The van der Waals surface area contributed by atoms with E-state index in [1.165, 1.54) is 6.20 Å². The molecule has 0 saturated carbocycles. The van der Waals surface area contributed by atoms with E-state index in [2.05, 4.69) is 74.4 Å². The molecule has 0 radical (unpaired) electrons. The van der Waals surface area contributed by atoms with Crippen molar-refractivity contribution in [3.63, 3.8) is 0 Å². The lowest BCUT2D eigenvalue weighted by molar-refractivity contribution is -0.145. The Morgan fingerprint density at radius 1 is 1.26 bits per heavy atom. The van der Waals surface area contributed by atoms with E-state index in [9.17, 15) is 9.59 Å². The van der Waals surface area contributed by atoms with Crippen molar-refractivity contribution < 1.29 is 9.59 Å². The number of nitrogen functional groups attached to an aromatic ring is 1. The highest BCUT2D eigenvalue weighted by Gasteiger charge is 2.32. The number of fused-ring (bicyclic) bond motifs is 1. The Kier molecular flexibility index (Phi) is 7.88. The number of anilines is 3. The third kappa shape index (κ3) is 4.84. The molecule has 34 heavy (non-hydrogen) atoms. The van der Waals surface area contributed by atoms with Crippen LogP contribution >= 0.6 is 28.4 Å². The maximum atomic E-state index is 13.3. The molecular formula is C23H29IN7O2P. The smallest absolute Gasteiger partial charge is 0.314 e. The van der Waals surface area contributed by atoms with Gasteiger partial charge in [-0.1, -0.05) is 12.1 Å². The average molecular weight is 593 g/mol. The molecule has 3 aromatic rings. The number of likely N-dealkylation sites (tertiary alicyclic amines) is 1. The van der Waals surface area contributed by atoms with E-state index in [1.807, 2.05) is 6.07 Å². The quantitative estimate of drug-likeness (QED) is 0.250. The second-order valence-electron chi connectivity index (χ2n) is 8.19. The molecule has 1 aliphatic heterocycles. The van der Waals surface area contributed by atoms with Gasteiger partial charge in [0, 0.05) is 25.3 Å². The molecule has 11 heteroatoms. The summed E-state index contributed by atoms with van der Waals surface area (Å²) in [7, 11) is 0. The zero-order chi connectivity index (χ0) is 24.2. The molecule has 2 atom stereocenters. The first-order valence-electron chi connectivity index (χ1n) is 11.4. The molecule has 1 saturated heterocycles. The number of carbonyl (C=O) groups is 2. The van der Waals surface area contributed by atoms with Crippen LogP contribution in [0.1, 0.15) is 44.7 Å². The zero-order valence-corrected chi connectivity index (χ0v) is 22.4. The lowest BCUT2D eigenvalue weighted by Crippen LogP contribution is -2.44. The van der Waals surface area contributed by atoms with Crippen molar-refractivity contribution in [1.29, 1.82) is 0 Å². The second kappa shape index (κ2) is 10.9. The van der Waals surface area contributed by atoms with Crippen molar-refractivity contribution in [3.8, 4) is 0 Å². The van der Waals surface area contributed by atoms with E-state index in [0.717, 1.165) is 43.6 Å². The molecule has 1 fully saturated rings. The van der Waals surface area contributed by atoms with Gasteiger partial charge in [0.25, 0.3) is 0 Å². The van der Waals surface area contributed by atoms with Gasteiger partial charge in [0.05, 0.1) is 35.9 Å². The molecule has 0 bridgehead atoms. The number of nitrogens with one attached hydrogen (secondary N) is 1. The first-order chi connectivity index (χ1) is 16.5. The van der Waals surface area contributed by atoms with Crippen LogP contribution in [0.5, 0.6) is 0 Å². The number of aromatic nitrogens is 3. The number of pyridine rings is 1. The monoisotopic (exact) mass is 593 g/mol. The molecule has 0 spiro atoms. The molecule has 1 aromatic carbocycles. The minimum absolute atomic E-state index is 0.131. The summed E-state index contributed by atoms with van der Waals surface area (Å²) in [5.74, 6) is -0.875. The molecule has 2 amide bonds. The van der Waals surface area contributed by atoms with E-state index in [4.69, 9.17) is 5.73 Å². The molecule has 2 unspecified atom stereocenters. The number of carbonyl (C=O) groups excluding carboxylic acids is 2. The second-order valence-corrected chi connectivity index (χ2v) is 10.2. The summed E-state index contributed by atoms with van der Waals surface area (Å²) in [6, 6.07) is 8.19. The van der Waals surface area contributed by atoms with Gasteiger partial charge < -0.3 is 20.9 Å². The van der Waals surface area contributed by atoms with Crippen LogP contribution < -0.4 is 16.0 Å². The number of amides is 2. The van der Waals surface area contributed by atoms with Crippen LogP contribution in [0.4, 0.5) is 17.2 Å². The Labute approximate surface area is 213 Å². The maximum Gasteiger partial charge on any atom is 0.314 e. The molecular weight excluding hydrogens is 564 g/mol. The highest BCUT2D eigenvalue weighted by atomic mass is 127. The van der Waals surface area contributed by atoms with Gasteiger partial charge in [-0.2, -0.15) is 5.10 Å². The normalized spacial score (nSPS) is 16.3. The van der Waals surface area contributed by atoms with Gasteiger partial charge in [-0.3, -0.25) is 9.59 Å². The van der Waals surface area contributed by atoms with Gasteiger partial charge in [0.1, 0.15) is 11.3 Å². The van der Waals surface area contributed by atoms with Crippen molar-refractivity contribution in [2.45, 2.75) is 39.2 Å². The number of halogens is 1. The number of hydrogen-bond donors (Lipinski definition) is 2. The minimum Gasteiger partial charge on any atom is -0.383 e. The van der Waals surface area contributed by atoms with Crippen molar-refractivity contribution >= 4 is 68.3 Å². The summed E-state index contributed by atoms with van der Waals surface area (Å²) in [4.78, 5) is 34.6. The Hall–Kier alpha value is -2.46. The zero-order valence-electron chi connectivity index (χ0n) is 19.3. The van der Waals surface area contributed by atoms with Crippen molar-refractivity contribution in [2.75, 3.05) is 35.6 Å². The lowest BCUT2D eigenvalue weighted by atomic mass is 9.94. The van der Waals surface area contributed by atoms with Crippen LogP contribution in [0.3, 0.4) is 0 Å². The van der Waals surface area contributed by atoms with E-state index < -0.39 is 11.8 Å². The van der Waals surface area contributed by atoms with Crippen molar-refractivity contribution in [3.05, 3.63) is 42.2 Å². The van der Waals surface area contributed by atoms with Gasteiger partial charge in [0.2, 0.25) is 0 Å². The molecule has 9 nitrogen and oxygen atoms in total. The predicted octanol–water partition coefficient (Wildman–Crippen LogP) is 4.34. The van der Waals surface area contributed by atoms with E-state index in [1.54, 1.807) is 15.5 Å². The summed E-state index contributed by atoms with van der Waals surface area (Å²) >= 11 is 2.21. The molecule has 2 aromatic heterocycles. The fourth-order valence-electron chi connectivity index (χ4n) is 4.56. The summed E-state index contributed by atoms with van der Waals surface area (Å²) in [6.45, 7) is 6.63. The van der Waals surface area contributed by atoms with Gasteiger partial charge in [-0.25, -0.2) is 9.44 Å². The third-order valence-electron chi connectivity index (χ3n) is 6.30. The van der Waals surface area contributed by atoms with Crippen LogP contribution in [0, 0.1) is 0 Å². The highest BCUT2D eigenvalue weighted by Crippen LogP contribution is 2.35. The summed E-state index contributed by atoms with van der Waals surface area (Å²) in [5, 5.41) is 7.74. The van der Waals surface area contributed by atoms with Gasteiger partial charge in [-0.15, -0.1) is 0 Å². The maximum absolute atomic E-state index is 13.3. The van der Waals surface area contributed by atoms with E-state index >= 15 is 0 Å². The fourth-order valence-corrected chi connectivity index (χ4v) is 6.08. The van der Waals surface area contributed by atoms with Crippen molar-refractivity contribution in [1.82, 2.24) is 19.4 Å². The van der Waals surface area contributed by atoms with Gasteiger partial charge in [0.15, 0.2) is 0 Å². The first kappa shape index (κ1) is 24.7. The van der Waals surface area contributed by atoms with E-state index in [-0.39, 0.29) is 6.04 Å². The standard InChI is InChI=1S/C23H29IN7O2P/c1-3-29(4-2)16-9-7-8-15(12-16)19-10-5-6-11-30(19)23(33)22(32)28-18-14-26-21(25)17-13-27-31(34-24)20(17)18/h7-9,12-14,19,34H,3-6,10-11H2,1-2H3,(H2,25,26)(H,28,32). The largest absolute Gasteiger partial charge is 0.383 e. The third-order valence-corrected chi connectivity index (χ3v) is 8.17. The van der Waals surface area contributed by atoms with Gasteiger partial charge >= 0.3 is 11.8 Å². The predicted molar refractivity (Wildman–Crippen MR) is 147 cm³/mol. The van der Waals surface area contributed by atoms with Crippen LogP contribution in [-0.2, 0) is 9.59 Å². The number of piperidine rings is 1. The SMILES string of the molecule is CCN(CC)c1cccc(C2CCCCN2C(=O)C(=O)Nc2cnc(N)c3cnn(PI)c23)c1. The van der Waals surface area contributed by atoms with Crippen LogP contribution in [0.25, 0.3) is 10.9 Å². The van der Waals surface area contributed by atoms with Crippen LogP contribution in [-0.4, -0.2) is 50.9 Å². The van der Waals surface area contributed by atoms with Crippen LogP contribution in [0.15, 0.2) is 36.7 Å². The molecule has 0 aliphatic carbocycles.